The fraction of sp³-hybridized carbons (Fsp3) is 0.211. The van der Waals surface area contributed by atoms with Crippen LogP contribution in [0.1, 0.15) is 24.1 Å². The van der Waals surface area contributed by atoms with Gasteiger partial charge >= 0.3 is 0 Å². The summed E-state index contributed by atoms with van der Waals surface area (Å²) in [5.74, 6) is 0.334. The molecule has 0 unspecified atom stereocenters. The van der Waals surface area contributed by atoms with E-state index in [1.807, 2.05) is 6.92 Å². The van der Waals surface area contributed by atoms with Crippen molar-refractivity contribution in [3.8, 4) is 11.5 Å². The zero-order valence-electron chi connectivity index (χ0n) is 14.2. The summed E-state index contributed by atoms with van der Waals surface area (Å²) in [6, 6.07) is 9.15. The molecule has 1 N–H and O–H groups in total. The maximum Gasteiger partial charge on any atom is 0.244 e. The second kappa shape index (κ2) is 8.53. The molecule has 6 heteroatoms. The summed E-state index contributed by atoms with van der Waals surface area (Å²) in [5.41, 5.74) is 1.52. The second-order valence-corrected chi connectivity index (χ2v) is 5.76. The minimum Gasteiger partial charge on any atom is -0.493 e. The van der Waals surface area contributed by atoms with Crippen LogP contribution in [0.5, 0.6) is 11.5 Å². The van der Waals surface area contributed by atoms with Crippen LogP contribution in [0.15, 0.2) is 42.5 Å². The summed E-state index contributed by atoms with van der Waals surface area (Å²) in [4.78, 5) is 12.1. The van der Waals surface area contributed by atoms with Gasteiger partial charge in [-0.05, 0) is 48.4 Å². The Balaban J connectivity index is 2.07. The van der Waals surface area contributed by atoms with E-state index in [2.05, 4.69) is 5.32 Å². The fourth-order valence-electron chi connectivity index (χ4n) is 2.30. The first-order valence-corrected chi connectivity index (χ1v) is 7.98. The largest absolute Gasteiger partial charge is 0.493 e. The number of carbonyl (C=O) groups is 1. The monoisotopic (exact) mass is 363 g/mol. The van der Waals surface area contributed by atoms with Gasteiger partial charge in [0.1, 0.15) is 5.82 Å². The van der Waals surface area contributed by atoms with E-state index in [1.54, 1.807) is 30.3 Å². The zero-order valence-corrected chi connectivity index (χ0v) is 14.9. The van der Waals surface area contributed by atoms with Crippen molar-refractivity contribution in [1.82, 2.24) is 5.32 Å². The number of halogens is 2. The first-order valence-electron chi connectivity index (χ1n) is 7.60. The first-order chi connectivity index (χ1) is 11.9. The fourth-order valence-corrected chi connectivity index (χ4v) is 2.60. The molecule has 25 heavy (non-hydrogen) atoms. The predicted octanol–water partition coefficient (Wildman–Crippen LogP) is 4.39. The van der Waals surface area contributed by atoms with Gasteiger partial charge in [-0.2, -0.15) is 0 Å². The van der Waals surface area contributed by atoms with E-state index in [4.69, 9.17) is 21.1 Å². The van der Waals surface area contributed by atoms with E-state index in [-0.39, 0.29) is 17.8 Å². The number of hydrogen-bond donors (Lipinski definition) is 1. The number of hydrogen-bond acceptors (Lipinski definition) is 3. The average molecular weight is 364 g/mol. The molecular formula is C19H19ClFNO3. The van der Waals surface area contributed by atoms with Crippen LogP contribution in [0.2, 0.25) is 5.02 Å². The Morgan fingerprint density at radius 3 is 2.48 bits per heavy atom. The van der Waals surface area contributed by atoms with Gasteiger partial charge in [-0.25, -0.2) is 4.39 Å². The highest BCUT2D eigenvalue weighted by Gasteiger charge is 2.11. The second-order valence-electron chi connectivity index (χ2n) is 5.35. The smallest absolute Gasteiger partial charge is 0.244 e. The van der Waals surface area contributed by atoms with Crippen LogP contribution in [0, 0.1) is 5.82 Å². The van der Waals surface area contributed by atoms with E-state index in [0.29, 0.717) is 22.1 Å². The molecule has 0 bridgehead atoms. The Morgan fingerprint density at radius 2 is 1.88 bits per heavy atom. The average Bonchev–Trinajstić information content (AvgIpc) is 2.59. The molecule has 0 heterocycles. The van der Waals surface area contributed by atoms with Crippen LogP contribution in [-0.4, -0.2) is 20.1 Å². The third kappa shape index (κ3) is 4.97. The molecule has 0 radical (unpaired) electrons. The standard InChI is InChI=1S/C19H19ClFNO3/c1-12(14-5-7-15(21)8-6-14)22-18(23)9-4-13-10-16(20)19(25-3)17(11-13)24-2/h4-12H,1-3H3,(H,22,23)/b9-4+/t12-/m0/s1. The van der Waals surface area contributed by atoms with E-state index in [0.717, 1.165) is 5.56 Å². The third-order valence-corrected chi connectivity index (χ3v) is 3.89. The van der Waals surface area contributed by atoms with Crippen molar-refractivity contribution in [2.75, 3.05) is 14.2 Å². The Labute approximate surface area is 151 Å². The van der Waals surface area contributed by atoms with Gasteiger partial charge in [0.05, 0.1) is 25.3 Å². The van der Waals surface area contributed by atoms with Gasteiger partial charge in [-0.3, -0.25) is 4.79 Å². The lowest BCUT2D eigenvalue weighted by Gasteiger charge is -2.13. The van der Waals surface area contributed by atoms with Gasteiger partial charge in [0.2, 0.25) is 5.91 Å². The number of benzene rings is 2. The van der Waals surface area contributed by atoms with Crippen molar-refractivity contribution in [2.45, 2.75) is 13.0 Å². The Hall–Kier alpha value is -2.53. The summed E-state index contributed by atoms with van der Waals surface area (Å²) in [5, 5.41) is 3.20. The predicted molar refractivity (Wildman–Crippen MR) is 96.5 cm³/mol. The molecule has 0 aliphatic rings. The Morgan fingerprint density at radius 1 is 1.20 bits per heavy atom. The maximum absolute atomic E-state index is 12.9. The van der Waals surface area contributed by atoms with Gasteiger partial charge in [-0.1, -0.05) is 23.7 Å². The van der Waals surface area contributed by atoms with Crippen LogP contribution in [0.25, 0.3) is 6.08 Å². The van der Waals surface area contributed by atoms with E-state index >= 15 is 0 Å². The van der Waals surface area contributed by atoms with E-state index in [1.165, 1.54) is 32.4 Å². The molecule has 0 saturated heterocycles. The van der Waals surface area contributed by atoms with Crippen molar-refractivity contribution in [3.05, 3.63) is 64.4 Å². The van der Waals surface area contributed by atoms with Crippen LogP contribution >= 0.6 is 11.6 Å². The van der Waals surface area contributed by atoms with Gasteiger partial charge in [-0.15, -0.1) is 0 Å². The number of amides is 1. The van der Waals surface area contributed by atoms with Gasteiger partial charge in [0.15, 0.2) is 11.5 Å². The molecule has 0 fully saturated rings. The summed E-state index contributed by atoms with van der Waals surface area (Å²) in [6.07, 6.45) is 3.03. The molecule has 0 aromatic heterocycles. The highest BCUT2D eigenvalue weighted by molar-refractivity contribution is 6.32. The lowest BCUT2D eigenvalue weighted by molar-refractivity contribution is -0.117. The number of methoxy groups -OCH3 is 2. The summed E-state index contributed by atoms with van der Waals surface area (Å²) >= 11 is 6.14. The highest BCUT2D eigenvalue weighted by Crippen LogP contribution is 2.36. The van der Waals surface area contributed by atoms with Gasteiger partial charge < -0.3 is 14.8 Å². The quantitative estimate of drug-likeness (QED) is 0.774. The van der Waals surface area contributed by atoms with Gasteiger partial charge in [0.25, 0.3) is 0 Å². The number of ether oxygens (including phenoxy) is 2. The molecule has 2 rings (SSSR count). The molecule has 1 amide bonds. The lowest BCUT2D eigenvalue weighted by atomic mass is 10.1. The number of nitrogens with one attached hydrogen (secondary N) is 1. The minimum absolute atomic E-state index is 0.244. The number of rotatable bonds is 6. The van der Waals surface area contributed by atoms with Crippen molar-refractivity contribution in [1.29, 1.82) is 0 Å². The summed E-state index contributed by atoms with van der Waals surface area (Å²) in [7, 11) is 3.02. The molecule has 132 valence electrons. The summed E-state index contributed by atoms with van der Waals surface area (Å²) < 4.78 is 23.3. The van der Waals surface area contributed by atoms with Crippen molar-refractivity contribution < 1.29 is 18.7 Å². The SMILES string of the molecule is COc1cc(/C=C/C(=O)N[C@@H](C)c2ccc(F)cc2)cc(Cl)c1OC. The molecule has 2 aromatic carbocycles. The van der Waals surface area contributed by atoms with Crippen LogP contribution in [-0.2, 0) is 4.79 Å². The van der Waals surface area contributed by atoms with Crippen LogP contribution < -0.4 is 14.8 Å². The molecular weight excluding hydrogens is 345 g/mol. The van der Waals surface area contributed by atoms with Crippen LogP contribution in [0.4, 0.5) is 4.39 Å². The molecule has 4 nitrogen and oxygen atoms in total. The van der Waals surface area contributed by atoms with Crippen LogP contribution in [0.3, 0.4) is 0 Å². The topological polar surface area (TPSA) is 47.6 Å². The first kappa shape index (κ1) is 18.8. The normalized spacial score (nSPS) is 12.0. The molecule has 0 saturated carbocycles. The molecule has 2 aromatic rings. The van der Waals surface area contributed by atoms with Gasteiger partial charge in [0, 0.05) is 6.08 Å². The molecule has 1 atom stereocenters. The molecule has 0 aliphatic heterocycles. The number of carbonyl (C=O) groups excluding carboxylic acids is 1. The Kier molecular flexibility index (Phi) is 6.42. The van der Waals surface area contributed by atoms with Crippen molar-refractivity contribution in [3.63, 3.8) is 0 Å². The minimum atomic E-state index is -0.312. The highest BCUT2D eigenvalue weighted by atomic mass is 35.5. The maximum atomic E-state index is 12.9. The van der Waals surface area contributed by atoms with Crippen molar-refractivity contribution >= 4 is 23.6 Å². The lowest BCUT2D eigenvalue weighted by Crippen LogP contribution is -2.24. The molecule has 0 spiro atoms. The van der Waals surface area contributed by atoms with Crippen molar-refractivity contribution in [2.24, 2.45) is 0 Å². The zero-order chi connectivity index (χ0) is 18.4. The Bertz CT molecular complexity index is 775. The van der Waals surface area contributed by atoms with E-state index in [9.17, 15) is 9.18 Å². The summed E-state index contributed by atoms with van der Waals surface area (Å²) in [6.45, 7) is 1.83. The van der Waals surface area contributed by atoms with E-state index < -0.39 is 0 Å². The third-order valence-electron chi connectivity index (χ3n) is 3.61. The molecule has 0 aliphatic carbocycles.